The van der Waals surface area contributed by atoms with E-state index in [-0.39, 0.29) is 23.8 Å². The number of carbonyl (C=O) groups excluding carboxylic acids is 2. The zero-order valence-corrected chi connectivity index (χ0v) is 14.6. The third-order valence-electron chi connectivity index (χ3n) is 5.30. The van der Waals surface area contributed by atoms with Gasteiger partial charge in [0.15, 0.2) is 0 Å². The van der Waals surface area contributed by atoms with E-state index in [0.717, 1.165) is 38.5 Å². The predicted octanol–water partition coefficient (Wildman–Crippen LogP) is 4.26. The number of rotatable bonds is 7. The van der Waals surface area contributed by atoms with Gasteiger partial charge in [0.05, 0.1) is 25.0 Å². The highest BCUT2D eigenvalue weighted by Gasteiger charge is 2.38. The van der Waals surface area contributed by atoms with Gasteiger partial charge in [0.1, 0.15) is 0 Å². The monoisotopic (exact) mass is 324 g/mol. The number of esters is 2. The minimum Gasteiger partial charge on any atom is -0.465 e. The van der Waals surface area contributed by atoms with Crippen LogP contribution >= 0.6 is 0 Å². The molecule has 0 aromatic carbocycles. The molecule has 2 unspecified atom stereocenters. The lowest BCUT2D eigenvalue weighted by Gasteiger charge is -2.29. The van der Waals surface area contributed by atoms with Crippen LogP contribution in [-0.2, 0) is 19.1 Å². The molecule has 0 aliphatic heterocycles. The van der Waals surface area contributed by atoms with E-state index < -0.39 is 0 Å². The zero-order valence-electron chi connectivity index (χ0n) is 14.6. The molecule has 0 aromatic rings. The highest BCUT2D eigenvalue weighted by Crippen LogP contribution is 2.32. The van der Waals surface area contributed by atoms with Crippen LogP contribution in [0.15, 0.2) is 0 Å². The standard InChI is InChI=1S/C19H32O4/c1-2-3-13-22-18(20)16-11-7-8-12-17(16)19(21)23-14-15-9-5-4-6-10-15/h15-17H,2-14H2,1H3. The first kappa shape index (κ1) is 18.3. The first-order chi connectivity index (χ1) is 11.2. The van der Waals surface area contributed by atoms with Gasteiger partial charge < -0.3 is 9.47 Å². The van der Waals surface area contributed by atoms with Gasteiger partial charge >= 0.3 is 11.9 Å². The van der Waals surface area contributed by atoms with Crippen molar-refractivity contribution in [1.82, 2.24) is 0 Å². The van der Waals surface area contributed by atoms with Crippen LogP contribution in [-0.4, -0.2) is 25.2 Å². The van der Waals surface area contributed by atoms with Gasteiger partial charge in [0.2, 0.25) is 0 Å². The van der Waals surface area contributed by atoms with Crippen molar-refractivity contribution in [3.63, 3.8) is 0 Å². The number of unbranched alkanes of at least 4 members (excludes halogenated alkanes) is 1. The van der Waals surface area contributed by atoms with Gasteiger partial charge in [-0.3, -0.25) is 9.59 Å². The lowest BCUT2D eigenvalue weighted by atomic mass is 9.79. The Bertz CT molecular complexity index is 374. The number of hydrogen-bond donors (Lipinski definition) is 0. The molecule has 2 atom stereocenters. The highest BCUT2D eigenvalue weighted by molar-refractivity contribution is 5.82. The molecule has 23 heavy (non-hydrogen) atoms. The van der Waals surface area contributed by atoms with Crippen molar-refractivity contribution in [3.05, 3.63) is 0 Å². The maximum atomic E-state index is 12.5. The van der Waals surface area contributed by atoms with Gasteiger partial charge in [0.25, 0.3) is 0 Å². The van der Waals surface area contributed by atoms with Crippen molar-refractivity contribution in [2.24, 2.45) is 17.8 Å². The number of hydrogen-bond acceptors (Lipinski definition) is 4. The molecule has 2 rings (SSSR count). The minimum atomic E-state index is -0.292. The average Bonchev–Trinajstić information content (AvgIpc) is 2.60. The van der Waals surface area contributed by atoms with Crippen molar-refractivity contribution in [2.75, 3.05) is 13.2 Å². The molecule has 0 N–H and O–H groups in total. The average molecular weight is 324 g/mol. The van der Waals surface area contributed by atoms with Crippen LogP contribution in [0.1, 0.15) is 77.6 Å². The van der Waals surface area contributed by atoms with E-state index in [1.54, 1.807) is 0 Å². The van der Waals surface area contributed by atoms with Gasteiger partial charge in [-0.1, -0.05) is 45.4 Å². The van der Waals surface area contributed by atoms with Crippen LogP contribution in [0.3, 0.4) is 0 Å². The smallest absolute Gasteiger partial charge is 0.309 e. The molecule has 132 valence electrons. The summed E-state index contributed by atoms with van der Waals surface area (Å²) in [4.78, 5) is 24.7. The summed E-state index contributed by atoms with van der Waals surface area (Å²) in [5.74, 6) is -0.433. The summed E-state index contributed by atoms with van der Waals surface area (Å²) in [5, 5.41) is 0. The molecule has 2 saturated carbocycles. The van der Waals surface area contributed by atoms with Crippen LogP contribution in [0.4, 0.5) is 0 Å². The Morgan fingerprint density at radius 1 is 0.826 bits per heavy atom. The van der Waals surface area contributed by atoms with Crippen LogP contribution < -0.4 is 0 Å². The minimum absolute atomic E-state index is 0.173. The Hall–Kier alpha value is -1.06. The van der Waals surface area contributed by atoms with Crippen LogP contribution in [0.25, 0.3) is 0 Å². The summed E-state index contributed by atoms with van der Waals surface area (Å²) >= 11 is 0. The molecule has 2 aliphatic carbocycles. The van der Waals surface area contributed by atoms with Crippen LogP contribution in [0.2, 0.25) is 0 Å². The summed E-state index contributed by atoms with van der Waals surface area (Å²) in [7, 11) is 0. The van der Waals surface area contributed by atoms with Crippen molar-refractivity contribution in [2.45, 2.75) is 77.6 Å². The molecule has 0 aromatic heterocycles. The quantitative estimate of drug-likeness (QED) is 0.518. The summed E-state index contributed by atoms with van der Waals surface area (Å²) in [6.07, 6.45) is 11.5. The maximum absolute atomic E-state index is 12.5. The molecule has 2 aliphatic rings. The Labute approximate surface area is 140 Å². The third kappa shape index (κ3) is 5.82. The fourth-order valence-electron chi connectivity index (χ4n) is 3.78. The second kappa shape index (κ2) is 9.94. The normalized spacial score (nSPS) is 25.8. The first-order valence-corrected chi connectivity index (χ1v) is 9.55. The summed E-state index contributed by atoms with van der Waals surface area (Å²) in [5.41, 5.74) is 0. The lowest BCUT2D eigenvalue weighted by molar-refractivity contribution is -0.163. The van der Waals surface area contributed by atoms with E-state index in [0.29, 0.717) is 19.1 Å². The largest absolute Gasteiger partial charge is 0.465 e. The molecule has 0 radical (unpaired) electrons. The van der Waals surface area contributed by atoms with Gasteiger partial charge in [-0.25, -0.2) is 0 Å². The first-order valence-electron chi connectivity index (χ1n) is 9.55. The zero-order chi connectivity index (χ0) is 16.5. The topological polar surface area (TPSA) is 52.6 Å². The van der Waals surface area contributed by atoms with E-state index in [1.165, 1.54) is 32.1 Å². The third-order valence-corrected chi connectivity index (χ3v) is 5.30. The fourth-order valence-corrected chi connectivity index (χ4v) is 3.78. The molecule has 0 spiro atoms. The summed E-state index contributed by atoms with van der Waals surface area (Å²) < 4.78 is 10.9. The van der Waals surface area contributed by atoms with Crippen molar-refractivity contribution in [1.29, 1.82) is 0 Å². The molecular formula is C19H32O4. The van der Waals surface area contributed by atoms with Crippen LogP contribution in [0, 0.1) is 17.8 Å². The van der Waals surface area contributed by atoms with E-state index in [4.69, 9.17) is 9.47 Å². The lowest BCUT2D eigenvalue weighted by Crippen LogP contribution is -2.35. The molecule has 2 fully saturated rings. The summed E-state index contributed by atoms with van der Waals surface area (Å²) in [6, 6.07) is 0. The number of carbonyl (C=O) groups is 2. The van der Waals surface area contributed by atoms with Crippen molar-refractivity contribution in [3.8, 4) is 0 Å². The van der Waals surface area contributed by atoms with Crippen molar-refractivity contribution < 1.29 is 19.1 Å². The second-order valence-electron chi connectivity index (χ2n) is 7.15. The van der Waals surface area contributed by atoms with E-state index in [2.05, 4.69) is 6.92 Å². The molecule has 4 nitrogen and oxygen atoms in total. The van der Waals surface area contributed by atoms with Crippen molar-refractivity contribution >= 4 is 11.9 Å². The predicted molar refractivity (Wildman–Crippen MR) is 88.8 cm³/mol. The van der Waals surface area contributed by atoms with Gasteiger partial charge in [0, 0.05) is 0 Å². The molecule has 4 heteroatoms. The summed E-state index contributed by atoms with van der Waals surface area (Å²) in [6.45, 7) is 3.07. The Balaban J connectivity index is 1.81. The molecule has 0 amide bonds. The Morgan fingerprint density at radius 2 is 1.39 bits per heavy atom. The van der Waals surface area contributed by atoms with E-state index in [9.17, 15) is 9.59 Å². The maximum Gasteiger partial charge on any atom is 0.309 e. The number of ether oxygens (including phenoxy) is 2. The van der Waals surface area contributed by atoms with Gasteiger partial charge in [-0.05, 0) is 38.0 Å². The van der Waals surface area contributed by atoms with Crippen LogP contribution in [0.5, 0.6) is 0 Å². The van der Waals surface area contributed by atoms with Gasteiger partial charge in [-0.2, -0.15) is 0 Å². The Kier molecular flexibility index (Phi) is 7.90. The second-order valence-corrected chi connectivity index (χ2v) is 7.15. The molecular weight excluding hydrogens is 292 g/mol. The molecule has 0 heterocycles. The SMILES string of the molecule is CCCCOC(=O)C1CCCCC1C(=O)OCC1CCCCC1. The Morgan fingerprint density at radius 3 is 2.00 bits per heavy atom. The van der Waals surface area contributed by atoms with E-state index in [1.807, 2.05) is 0 Å². The fraction of sp³-hybridized carbons (Fsp3) is 0.895. The highest BCUT2D eigenvalue weighted by atomic mass is 16.5. The molecule has 0 saturated heterocycles. The van der Waals surface area contributed by atoms with E-state index >= 15 is 0 Å². The van der Waals surface area contributed by atoms with Gasteiger partial charge in [-0.15, -0.1) is 0 Å². The molecule has 0 bridgehead atoms.